The van der Waals surface area contributed by atoms with Crippen LogP contribution in [0, 0.1) is 0 Å². The SMILES string of the molecule is COc1ccc(S(=O)(=O)NCCc2ccco2)cc1CO. The van der Waals surface area contributed by atoms with E-state index in [0.29, 0.717) is 23.5 Å². The molecule has 6 nitrogen and oxygen atoms in total. The summed E-state index contributed by atoms with van der Waals surface area (Å²) in [4.78, 5) is 0.0896. The van der Waals surface area contributed by atoms with Gasteiger partial charge in [0, 0.05) is 18.5 Å². The molecule has 0 bridgehead atoms. The lowest BCUT2D eigenvalue weighted by Crippen LogP contribution is -2.26. The van der Waals surface area contributed by atoms with Crippen LogP contribution in [0.3, 0.4) is 0 Å². The summed E-state index contributed by atoms with van der Waals surface area (Å²) in [6, 6.07) is 7.89. The Labute approximate surface area is 123 Å². The average Bonchev–Trinajstić information content (AvgIpc) is 2.99. The molecule has 1 aromatic heterocycles. The third-order valence-corrected chi connectivity index (χ3v) is 4.43. The number of hydrogen-bond acceptors (Lipinski definition) is 5. The smallest absolute Gasteiger partial charge is 0.240 e. The Balaban J connectivity index is 2.08. The van der Waals surface area contributed by atoms with Crippen LogP contribution in [0.2, 0.25) is 0 Å². The van der Waals surface area contributed by atoms with E-state index >= 15 is 0 Å². The minimum atomic E-state index is -3.63. The number of aliphatic hydroxyl groups excluding tert-OH is 1. The van der Waals surface area contributed by atoms with Gasteiger partial charge in [-0.2, -0.15) is 0 Å². The lowest BCUT2D eigenvalue weighted by molar-refractivity contribution is 0.273. The van der Waals surface area contributed by atoms with Crippen LogP contribution >= 0.6 is 0 Å². The van der Waals surface area contributed by atoms with Gasteiger partial charge in [0.25, 0.3) is 0 Å². The van der Waals surface area contributed by atoms with Gasteiger partial charge < -0.3 is 14.3 Å². The number of hydrogen-bond donors (Lipinski definition) is 2. The summed E-state index contributed by atoms with van der Waals surface area (Å²) in [7, 11) is -2.17. The van der Waals surface area contributed by atoms with Crippen LogP contribution in [0.15, 0.2) is 45.9 Å². The van der Waals surface area contributed by atoms with Crippen molar-refractivity contribution < 1.29 is 22.7 Å². The van der Waals surface area contributed by atoms with E-state index in [1.165, 1.54) is 25.3 Å². The summed E-state index contributed by atoms with van der Waals surface area (Å²) in [5.74, 6) is 1.16. The third-order valence-electron chi connectivity index (χ3n) is 2.98. The molecule has 7 heteroatoms. The van der Waals surface area contributed by atoms with E-state index in [9.17, 15) is 13.5 Å². The van der Waals surface area contributed by atoms with E-state index in [1.54, 1.807) is 18.4 Å². The molecule has 0 fully saturated rings. The summed E-state index contributed by atoms with van der Waals surface area (Å²) in [6.07, 6.45) is 2.01. The van der Waals surface area contributed by atoms with Gasteiger partial charge in [-0.25, -0.2) is 13.1 Å². The highest BCUT2D eigenvalue weighted by molar-refractivity contribution is 7.89. The molecule has 2 N–H and O–H groups in total. The summed E-state index contributed by atoms with van der Waals surface area (Å²) in [5.41, 5.74) is 0.423. The molecule has 0 aliphatic heterocycles. The first-order valence-electron chi connectivity index (χ1n) is 6.36. The molecule has 0 saturated carbocycles. The predicted octanol–water partition coefficient (Wildman–Crippen LogP) is 1.30. The van der Waals surface area contributed by atoms with Gasteiger partial charge in [0.1, 0.15) is 11.5 Å². The summed E-state index contributed by atoms with van der Waals surface area (Å²) in [5, 5.41) is 9.23. The maximum absolute atomic E-state index is 12.2. The Bertz CT molecular complexity index is 679. The van der Waals surface area contributed by atoms with Crippen LogP contribution in [0.4, 0.5) is 0 Å². The van der Waals surface area contributed by atoms with Crippen LogP contribution in [0.25, 0.3) is 0 Å². The van der Waals surface area contributed by atoms with Crippen LogP contribution in [-0.4, -0.2) is 27.2 Å². The fourth-order valence-electron chi connectivity index (χ4n) is 1.89. The van der Waals surface area contributed by atoms with Gasteiger partial charge in [-0.1, -0.05) is 0 Å². The second-order valence-electron chi connectivity index (χ2n) is 4.36. The number of aliphatic hydroxyl groups is 1. The van der Waals surface area contributed by atoms with Crippen LogP contribution in [0.5, 0.6) is 5.75 Å². The Morgan fingerprint density at radius 2 is 2.14 bits per heavy atom. The number of methoxy groups -OCH3 is 1. The van der Waals surface area contributed by atoms with Gasteiger partial charge in [0.05, 0.1) is 24.9 Å². The number of ether oxygens (including phenoxy) is 1. The Morgan fingerprint density at radius 1 is 1.33 bits per heavy atom. The highest BCUT2D eigenvalue weighted by Crippen LogP contribution is 2.22. The van der Waals surface area contributed by atoms with E-state index in [-0.39, 0.29) is 18.0 Å². The number of sulfonamides is 1. The van der Waals surface area contributed by atoms with Crippen LogP contribution in [0.1, 0.15) is 11.3 Å². The molecule has 0 aliphatic carbocycles. The molecule has 21 heavy (non-hydrogen) atoms. The first kappa shape index (κ1) is 15.6. The molecular formula is C14H17NO5S. The van der Waals surface area contributed by atoms with Crippen molar-refractivity contribution in [2.45, 2.75) is 17.9 Å². The highest BCUT2D eigenvalue weighted by atomic mass is 32.2. The van der Waals surface area contributed by atoms with E-state index in [0.717, 1.165) is 0 Å². The maximum atomic E-state index is 12.2. The summed E-state index contributed by atoms with van der Waals surface area (Å²) < 4.78 is 37.0. The van der Waals surface area contributed by atoms with Crippen molar-refractivity contribution in [3.05, 3.63) is 47.9 Å². The fraction of sp³-hybridized carbons (Fsp3) is 0.286. The number of nitrogens with one attached hydrogen (secondary N) is 1. The number of rotatable bonds is 7. The molecule has 0 atom stereocenters. The van der Waals surface area contributed by atoms with Crippen molar-refractivity contribution in [3.8, 4) is 5.75 Å². The third kappa shape index (κ3) is 3.84. The normalized spacial score (nSPS) is 11.5. The van der Waals surface area contributed by atoms with Crippen LogP contribution in [-0.2, 0) is 23.1 Å². The van der Waals surface area contributed by atoms with Gasteiger partial charge in [-0.05, 0) is 30.3 Å². The molecule has 0 unspecified atom stereocenters. The standard InChI is InChI=1S/C14H17NO5S/c1-19-14-5-4-13(9-11(14)10-16)21(17,18)15-7-6-12-3-2-8-20-12/h2-5,8-9,15-16H,6-7,10H2,1H3. The van der Waals surface area contributed by atoms with E-state index in [1.807, 2.05) is 0 Å². The summed E-state index contributed by atoms with van der Waals surface area (Å²) in [6.45, 7) is -0.0603. The minimum absolute atomic E-state index is 0.0896. The lowest BCUT2D eigenvalue weighted by Gasteiger charge is -2.10. The molecular weight excluding hydrogens is 294 g/mol. The molecule has 0 saturated heterocycles. The number of furan rings is 1. The minimum Gasteiger partial charge on any atom is -0.496 e. The quantitative estimate of drug-likeness (QED) is 0.804. The van der Waals surface area contributed by atoms with Crippen LogP contribution < -0.4 is 9.46 Å². The molecule has 0 amide bonds. The van der Waals surface area contributed by atoms with Gasteiger partial charge in [-0.15, -0.1) is 0 Å². The highest BCUT2D eigenvalue weighted by Gasteiger charge is 2.16. The Hall–Kier alpha value is -1.83. The molecule has 0 radical (unpaired) electrons. The monoisotopic (exact) mass is 311 g/mol. The lowest BCUT2D eigenvalue weighted by atomic mass is 10.2. The summed E-state index contributed by atoms with van der Waals surface area (Å²) >= 11 is 0. The second kappa shape index (κ2) is 6.75. The van der Waals surface area contributed by atoms with Crippen molar-refractivity contribution in [2.24, 2.45) is 0 Å². The maximum Gasteiger partial charge on any atom is 0.240 e. The fourth-order valence-corrected chi connectivity index (χ4v) is 2.97. The van der Waals surface area contributed by atoms with Gasteiger partial charge in [-0.3, -0.25) is 0 Å². The van der Waals surface area contributed by atoms with E-state index in [2.05, 4.69) is 4.72 Å². The first-order chi connectivity index (χ1) is 10.1. The van der Waals surface area contributed by atoms with Crippen molar-refractivity contribution in [3.63, 3.8) is 0 Å². The second-order valence-corrected chi connectivity index (χ2v) is 6.13. The van der Waals surface area contributed by atoms with Crippen molar-refractivity contribution in [2.75, 3.05) is 13.7 Å². The molecule has 1 aromatic carbocycles. The van der Waals surface area contributed by atoms with E-state index < -0.39 is 10.0 Å². The van der Waals surface area contributed by atoms with Gasteiger partial charge >= 0.3 is 0 Å². The van der Waals surface area contributed by atoms with Gasteiger partial charge in [0.15, 0.2) is 0 Å². The Kier molecular flexibility index (Phi) is 5.00. The van der Waals surface area contributed by atoms with Crippen molar-refractivity contribution in [1.82, 2.24) is 4.72 Å². The van der Waals surface area contributed by atoms with Crippen molar-refractivity contribution >= 4 is 10.0 Å². The topological polar surface area (TPSA) is 88.8 Å². The number of benzene rings is 1. The zero-order valence-electron chi connectivity index (χ0n) is 11.6. The molecule has 2 rings (SSSR count). The van der Waals surface area contributed by atoms with E-state index in [4.69, 9.17) is 9.15 Å². The zero-order chi connectivity index (χ0) is 15.3. The molecule has 1 heterocycles. The molecule has 0 spiro atoms. The molecule has 2 aromatic rings. The average molecular weight is 311 g/mol. The Morgan fingerprint density at radius 3 is 2.76 bits per heavy atom. The molecule has 0 aliphatic rings. The largest absolute Gasteiger partial charge is 0.496 e. The zero-order valence-corrected chi connectivity index (χ0v) is 12.4. The molecule has 114 valence electrons. The predicted molar refractivity (Wildman–Crippen MR) is 76.5 cm³/mol. The van der Waals surface area contributed by atoms with Crippen molar-refractivity contribution in [1.29, 1.82) is 0 Å². The van der Waals surface area contributed by atoms with Gasteiger partial charge in [0.2, 0.25) is 10.0 Å². The first-order valence-corrected chi connectivity index (χ1v) is 7.85.